The van der Waals surface area contributed by atoms with Crippen LogP contribution < -0.4 is 11.1 Å². The van der Waals surface area contributed by atoms with Gasteiger partial charge in [0.05, 0.1) is 23.2 Å². The summed E-state index contributed by atoms with van der Waals surface area (Å²) in [6.07, 6.45) is 0. The molecule has 0 heterocycles. The third kappa shape index (κ3) is 2.92. The first kappa shape index (κ1) is 13.8. The van der Waals surface area contributed by atoms with Gasteiger partial charge < -0.3 is 16.2 Å². The van der Waals surface area contributed by atoms with Crippen molar-refractivity contribution >= 4 is 17.3 Å². The molecule has 98 valence electrons. The van der Waals surface area contributed by atoms with Gasteiger partial charge in [-0.05, 0) is 13.0 Å². The van der Waals surface area contributed by atoms with Gasteiger partial charge in [-0.15, -0.1) is 0 Å². The molecule has 0 bridgehead atoms. The number of aliphatic hydroxyl groups is 1. The zero-order valence-corrected chi connectivity index (χ0v) is 9.51. The molecule has 7 nitrogen and oxygen atoms in total. The Balaban J connectivity index is 3.16. The minimum Gasteiger partial charge on any atom is -0.394 e. The van der Waals surface area contributed by atoms with Crippen LogP contribution in [-0.4, -0.2) is 28.6 Å². The fourth-order valence-corrected chi connectivity index (χ4v) is 1.29. The molecule has 1 aromatic carbocycles. The average Bonchev–Trinajstić information content (AvgIpc) is 2.30. The van der Waals surface area contributed by atoms with Crippen molar-refractivity contribution in [2.24, 2.45) is 0 Å². The zero-order valence-electron chi connectivity index (χ0n) is 9.51. The largest absolute Gasteiger partial charge is 0.394 e. The second kappa shape index (κ2) is 5.41. The first-order valence-electron chi connectivity index (χ1n) is 5.02. The molecule has 0 aliphatic carbocycles. The molecular weight excluding hydrogens is 245 g/mol. The molecule has 1 rings (SSSR count). The molecule has 0 saturated carbocycles. The average molecular weight is 257 g/mol. The van der Waals surface area contributed by atoms with Crippen molar-refractivity contribution in [1.82, 2.24) is 5.32 Å². The number of nitro groups is 1. The number of nitro benzene ring substituents is 1. The number of benzene rings is 1. The Morgan fingerprint density at radius 2 is 2.28 bits per heavy atom. The predicted octanol–water partition coefficient (Wildman–Crippen LogP) is 0.427. The highest BCUT2D eigenvalue weighted by molar-refractivity contribution is 6.01. The van der Waals surface area contributed by atoms with Gasteiger partial charge in [0.15, 0.2) is 0 Å². The Morgan fingerprint density at radius 3 is 2.78 bits per heavy atom. The molecule has 1 aromatic rings. The van der Waals surface area contributed by atoms with Crippen molar-refractivity contribution in [3.63, 3.8) is 0 Å². The third-order valence-electron chi connectivity index (χ3n) is 2.22. The van der Waals surface area contributed by atoms with E-state index >= 15 is 0 Å². The molecule has 4 N–H and O–H groups in total. The molecule has 0 fully saturated rings. The number of amides is 1. The normalized spacial score (nSPS) is 11.9. The smallest absolute Gasteiger partial charge is 0.295 e. The number of nitrogens with zero attached hydrogens (tertiary/aromatic N) is 1. The van der Waals surface area contributed by atoms with Crippen molar-refractivity contribution in [3.05, 3.63) is 33.6 Å². The van der Waals surface area contributed by atoms with Crippen LogP contribution in [0.15, 0.2) is 12.1 Å². The summed E-state index contributed by atoms with van der Waals surface area (Å²) in [6.45, 7) is 1.20. The molecule has 0 aliphatic rings. The van der Waals surface area contributed by atoms with Crippen LogP contribution in [0.2, 0.25) is 0 Å². The summed E-state index contributed by atoms with van der Waals surface area (Å²) in [7, 11) is 0. The van der Waals surface area contributed by atoms with Crippen molar-refractivity contribution in [3.8, 4) is 0 Å². The van der Waals surface area contributed by atoms with Crippen molar-refractivity contribution < 1.29 is 19.2 Å². The third-order valence-corrected chi connectivity index (χ3v) is 2.22. The van der Waals surface area contributed by atoms with Crippen molar-refractivity contribution in [2.45, 2.75) is 13.0 Å². The molecule has 0 spiro atoms. The van der Waals surface area contributed by atoms with E-state index in [-0.39, 0.29) is 12.2 Å². The molecule has 18 heavy (non-hydrogen) atoms. The van der Waals surface area contributed by atoms with Gasteiger partial charge in [0, 0.05) is 6.04 Å². The van der Waals surface area contributed by atoms with E-state index in [1.165, 1.54) is 6.92 Å². The number of nitrogens with two attached hydrogens (primary N) is 1. The molecule has 0 saturated heterocycles. The molecule has 0 aliphatic heterocycles. The Morgan fingerprint density at radius 1 is 1.67 bits per heavy atom. The van der Waals surface area contributed by atoms with Crippen LogP contribution in [0, 0.1) is 15.9 Å². The van der Waals surface area contributed by atoms with Gasteiger partial charge in [-0.3, -0.25) is 14.9 Å². The minimum atomic E-state index is -0.933. The Bertz CT molecular complexity index is 492. The van der Waals surface area contributed by atoms with Crippen LogP contribution in [0.25, 0.3) is 0 Å². The highest BCUT2D eigenvalue weighted by Gasteiger charge is 2.22. The van der Waals surface area contributed by atoms with Crippen molar-refractivity contribution in [2.75, 3.05) is 12.3 Å². The summed E-state index contributed by atoms with van der Waals surface area (Å²) in [5.41, 5.74) is 4.03. The second-order valence-corrected chi connectivity index (χ2v) is 3.70. The summed E-state index contributed by atoms with van der Waals surface area (Å²) in [4.78, 5) is 21.4. The standard InChI is InChI=1S/C10H12FN3O4/c1-5(4-15)13-10(16)7-2-6(11)3-8(9(7)12)14(17)18/h2-3,5,15H,4,12H2,1H3,(H,13,16). The van der Waals surface area contributed by atoms with E-state index in [1.54, 1.807) is 0 Å². The zero-order chi connectivity index (χ0) is 13.9. The minimum absolute atomic E-state index is 0.316. The quantitative estimate of drug-likeness (QED) is 0.410. The maximum Gasteiger partial charge on any atom is 0.295 e. The lowest BCUT2D eigenvalue weighted by Gasteiger charge is -2.12. The molecule has 0 radical (unpaired) electrons. The molecular formula is C10H12FN3O4. The van der Waals surface area contributed by atoms with Crippen molar-refractivity contribution in [1.29, 1.82) is 0 Å². The number of aliphatic hydroxyl groups excluding tert-OH is 1. The Kier molecular flexibility index (Phi) is 4.16. The number of hydrogen-bond donors (Lipinski definition) is 3. The second-order valence-electron chi connectivity index (χ2n) is 3.70. The maximum atomic E-state index is 13.2. The van der Waals surface area contributed by atoms with Crippen LogP contribution in [0.4, 0.5) is 15.8 Å². The first-order valence-corrected chi connectivity index (χ1v) is 5.02. The van der Waals surface area contributed by atoms with Gasteiger partial charge in [-0.1, -0.05) is 0 Å². The number of carbonyl (C=O) groups excluding carboxylic acids is 1. The first-order chi connectivity index (χ1) is 8.36. The van der Waals surface area contributed by atoms with Crippen LogP contribution in [0.3, 0.4) is 0 Å². The number of anilines is 1. The lowest BCUT2D eigenvalue weighted by Crippen LogP contribution is -2.35. The van der Waals surface area contributed by atoms with Gasteiger partial charge in [0.2, 0.25) is 0 Å². The van der Waals surface area contributed by atoms with E-state index < -0.39 is 34.1 Å². The molecule has 0 aromatic heterocycles. The summed E-state index contributed by atoms with van der Waals surface area (Å²) >= 11 is 0. The lowest BCUT2D eigenvalue weighted by atomic mass is 10.1. The van der Waals surface area contributed by atoms with Crippen LogP contribution in [0.1, 0.15) is 17.3 Å². The molecule has 1 atom stereocenters. The number of carbonyl (C=O) groups is 1. The van der Waals surface area contributed by atoms with E-state index in [0.717, 1.165) is 6.07 Å². The number of rotatable bonds is 4. The van der Waals surface area contributed by atoms with Crippen LogP contribution >= 0.6 is 0 Å². The molecule has 8 heteroatoms. The van der Waals surface area contributed by atoms with Gasteiger partial charge in [-0.2, -0.15) is 0 Å². The SMILES string of the molecule is CC(CO)NC(=O)c1cc(F)cc([N+](=O)[O-])c1N. The van der Waals surface area contributed by atoms with E-state index in [1.807, 2.05) is 0 Å². The summed E-state index contributed by atoms with van der Waals surface area (Å²) in [5.74, 6) is -1.71. The van der Waals surface area contributed by atoms with Gasteiger partial charge in [-0.25, -0.2) is 4.39 Å². The fourth-order valence-electron chi connectivity index (χ4n) is 1.29. The highest BCUT2D eigenvalue weighted by Crippen LogP contribution is 2.26. The van der Waals surface area contributed by atoms with Crippen LogP contribution in [-0.2, 0) is 0 Å². The number of hydrogen-bond acceptors (Lipinski definition) is 5. The Hall–Kier alpha value is -2.22. The molecule has 1 unspecified atom stereocenters. The topological polar surface area (TPSA) is 118 Å². The monoisotopic (exact) mass is 257 g/mol. The van der Waals surface area contributed by atoms with Gasteiger partial charge >= 0.3 is 0 Å². The fraction of sp³-hybridized carbons (Fsp3) is 0.300. The van der Waals surface area contributed by atoms with Gasteiger partial charge in [0.1, 0.15) is 11.5 Å². The Labute approximate surface area is 102 Å². The van der Waals surface area contributed by atoms with E-state index in [0.29, 0.717) is 6.07 Å². The summed E-state index contributed by atoms with van der Waals surface area (Å²) < 4.78 is 13.2. The maximum absolute atomic E-state index is 13.2. The van der Waals surface area contributed by atoms with E-state index in [4.69, 9.17) is 10.8 Å². The van der Waals surface area contributed by atoms with Crippen LogP contribution in [0.5, 0.6) is 0 Å². The van der Waals surface area contributed by atoms with E-state index in [2.05, 4.69) is 5.32 Å². The predicted molar refractivity (Wildman–Crippen MR) is 61.5 cm³/mol. The number of halogens is 1. The highest BCUT2D eigenvalue weighted by atomic mass is 19.1. The summed E-state index contributed by atoms with van der Waals surface area (Å²) in [5, 5.41) is 21.7. The summed E-state index contributed by atoms with van der Waals surface area (Å²) in [6, 6.07) is 0.878. The lowest BCUT2D eigenvalue weighted by molar-refractivity contribution is -0.384. The number of nitrogens with one attached hydrogen (secondary N) is 1. The number of nitrogen functional groups attached to an aromatic ring is 1. The molecule has 1 amide bonds. The van der Waals surface area contributed by atoms with E-state index in [9.17, 15) is 19.3 Å². The van der Waals surface area contributed by atoms with Gasteiger partial charge in [0.25, 0.3) is 11.6 Å².